The normalized spacial score (nSPS) is 24.8. The van der Waals surface area contributed by atoms with Gasteiger partial charge in [0.2, 0.25) is 0 Å². The number of tetrazole rings is 1. The third-order valence-electron chi connectivity index (χ3n) is 4.17. The maximum Gasteiger partial charge on any atom is 0.143 e. The molecule has 20 heavy (non-hydrogen) atoms. The van der Waals surface area contributed by atoms with E-state index >= 15 is 0 Å². The Bertz CT molecular complexity index is 576. The van der Waals surface area contributed by atoms with Crippen molar-refractivity contribution >= 4 is 5.69 Å². The van der Waals surface area contributed by atoms with Crippen LogP contribution in [0.25, 0.3) is 5.69 Å². The Balaban J connectivity index is 1.85. The summed E-state index contributed by atoms with van der Waals surface area (Å²) in [6.07, 6.45) is 4.08. The first-order valence-electron chi connectivity index (χ1n) is 7.14. The van der Waals surface area contributed by atoms with Gasteiger partial charge in [-0.05, 0) is 46.7 Å². The predicted octanol–water partition coefficient (Wildman–Crippen LogP) is 2.90. The van der Waals surface area contributed by atoms with Gasteiger partial charge in [-0.25, -0.2) is 0 Å². The quantitative estimate of drug-likeness (QED) is 0.932. The number of hydrogen-bond donors (Lipinski definition) is 1. The van der Waals surface area contributed by atoms with Crippen molar-refractivity contribution in [2.45, 2.75) is 39.7 Å². The van der Waals surface area contributed by atoms with E-state index in [2.05, 4.69) is 47.7 Å². The number of hydrogen-bond acceptors (Lipinski definition) is 4. The standard InChI is InChI=1S/C15H21N5/c1-11-8-15(2,3)9-13(11)17-12-6-4-5-7-14(12)20-10-16-18-19-20/h4-7,10-11,13,17H,8-9H2,1-3H3. The van der Waals surface area contributed by atoms with Crippen LogP contribution in [0.1, 0.15) is 33.6 Å². The summed E-state index contributed by atoms with van der Waals surface area (Å²) < 4.78 is 1.70. The van der Waals surface area contributed by atoms with E-state index < -0.39 is 0 Å². The van der Waals surface area contributed by atoms with Gasteiger partial charge < -0.3 is 5.32 Å². The number of aromatic nitrogens is 4. The van der Waals surface area contributed by atoms with Crippen LogP contribution in [0.4, 0.5) is 5.69 Å². The second kappa shape index (κ2) is 4.89. The van der Waals surface area contributed by atoms with Crippen molar-refractivity contribution in [2.75, 3.05) is 5.32 Å². The Labute approximate surface area is 119 Å². The Morgan fingerprint density at radius 3 is 2.70 bits per heavy atom. The molecular formula is C15H21N5. The molecular weight excluding hydrogens is 250 g/mol. The summed E-state index contributed by atoms with van der Waals surface area (Å²) in [6.45, 7) is 7.02. The van der Waals surface area contributed by atoms with Gasteiger partial charge in [-0.15, -0.1) is 5.10 Å². The maximum absolute atomic E-state index is 3.98. The second-order valence-electron chi connectivity index (χ2n) is 6.57. The monoisotopic (exact) mass is 271 g/mol. The summed E-state index contributed by atoms with van der Waals surface area (Å²) in [4.78, 5) is 0. The molecule has 5 heteroatoms. The fourth-order valence-corrected chi connectivity index (χ4v) is 3.35. The summed E-state index contributed by atoms with van der Waals surface area (Å²) >= 11 is 0. The van der Waals surface area contributed by atoms with Crippen molar-refractivity contribution in [3.8, 4) is 5.69 Å². The number of rotatable bonds is 3. The zero-order valence-corrected chi connectivity index (χ0v) is 12.2. The van der Waals surface area contributed by atoms with Gasteiger partial charge in [0.25, 0.3) is 0 Å². The molecule has 0 spiro atoms. The van der Waals surface area contributed by atoms with Gasteiger partial charge in [-0.2, -0.15) is 4.68 Å². The molecule has 1 heterocycles. The summed E-state index contributed by atoms with van der Waals surface area (Å²) in [5.74, 6) is 0.673. The molecule has 1 aliphatic rings. The molecule has 0 radical (unpaired) electrons. The average Bonchev–Trinajstić information content (AvgIpc) is 2.99. The SMILES string of the molecule is CC1CC(C)(C)CC1Nc1ccccc1-n1cnnn1. The molecule has 0 aliphatic heterocycles. The molecule has 2 atom stereocenters. The molecule has 0 amide bonds. The molecule has 106 valence electrons. The number of anilines is 1. The highest BCUT2D eigenvalue weighted by atomic mass is 15.5. The zero-order chi connectivity index (χ0) is 14.2. The van der Waals surface area contributed by atoms with Crippen molar-refractivity contribution in [1.29, 1.82) is 0 Å². The van der Waals surface area contributed by atoms with Crippen LogP contribution in [-0.2, 0) is 0 Å². The van der Waals surface area contributed by atoms with Crippen LogP contribution in [0.2, 0.25) is 0 Å². The smallest absolute Gasteiger partial charge is 0.143 e. The maximum atomic E-state index is 3.98. The number of nitrogens with one attached hydrogen (secondary N) is 1. The van der Waals surface area contributed by atoms with Crippen LogP contribution >= 0.6 is 0 Å². The Hall–Kier alpha value is -1.91. The first-order chi connectivity index (χ1) is 9.55. The third kappa shape index (κ3) is 2.53. The topological polar surface area (TPSA) is 55.6 Å². The van der Waals surface area contributed by atoms with Crippen molar-refractivity contribution in [3.05, 3.63) is 30.6 Å². The molecule has 2 aromatic rings. The lowest BCUT2D eigenvalue weighted by molar-refractivity contribution is 0.366. The molecule has 3 rings (SSSR count). The molecule has 5 nitrogen and oxygen atoms in total. The van der Waals surface area contributed by atoms with Crippen molar-refractivity contribution in [3.63, 3.8) is 0 Å². The van der Waals surface area contributed by atoms with E-state index in [4.69, 9.17) is 0 Å². The van der Waals surface area contributed by atoms with Gasteiger partial charge in [0, 0.05) is 6.04 Å². The highest BCUT2D eigenvalue weighted by molar-refractivity contribution is 5.61. The Morgan fingerprint density at radius 2 is 2.05 bits per heavy atom. The van der Waals surface area contributed by atoms with E-state index in [9.17, 15) is 0 Å². The number of para-hydroxylation sites is 2. The van der Waals surface area contributed by atoms with Crippen LogP contribution < -0.4 is 5.32 Å². The van der Waals surface area contributed by atoms with E-state index in [1.165, 1.54) is 12.8 Å². The fraction of sp³-hybridized carbons (Fsp3) is 0.533. The van der Waals surface area contributed by atoms with E-state index in [0.717, 1.165) is 11.4 Å². The van der Waals surface area contributed by atoms with Crippen LogP contribution in [0.5, 0.6) is 0 Å². The summed E-state index contributed by atoms with van der Waals surface area (Å²) in [5.41, 5.74) is 2.50. The summed E-state index contributed by atoms with van der Waals surface area (Å²) in [5, 5.41) is 15.1. The molecule has 1 aromatic heterocycles. The number of nitrogens with zero attached hydrogens (tertiary/aromatic N) is 4. The molecule has 0 bridgehead atoms. The van der Waals surface area contributed by atoms with Crippen LogP contribution in [0.15, 0.2) is 30.6 Å². The molecule has 2 unspecified atom stereocenters. The minimum Gasteiger partial charge on any atom is -0.380 e. The highest BCUT2D eigenvalue weighted by Gasteiger charge is 2.36. The van der Waals surface area contributed by atoms with E-state index in [1.807, 2.05) is 18.2 Å². The molecule has 1 N–H and O–H groups in total. The van der Waals surface area contributed by atoms with Gasteiger partial charge in [-0.1, -0.05) is 32.9 Å². The third-order valence-corrected chi connectivity index (χ3v) is 4.17. The molecule has 1 saturated carbocycles. The lowest BCUT2D eigenvalue weighted by Gasteiger charge is -2.21. The van der Waals surface area contributed by atoms with E-state index in [1.54, 1.807) is 11.0 Å². The van der Waals surface area contributed by atoms with E-state index in [-0.39, 0.29) is 0 Å². The van der Waals surface area contributed by atoms with Gasteiger partial charge in [0.15, 0.2) is 0 Å². The second-order valence-corrected chi connectivity index (χ2v) is 6.57. The van der Waals surface area contributed by atoms with Crippen molar-refractivity contribution in [1.82, 2.24) is 20.2 Å². The first kappa shape index (κ1) is 13.1. The number of benzene rings is 1. The molecule has 0 saturated heterocycles. The van der Waals surface area contributed by atoms with Crippen molar-refractivity contribution in [2.24, 2.45) is 11.3 Å². The molecule has 1 aliphatic carbocycles. The van der Waals surface area contributed by atoms with Crippen LogP contribution in [0, 0.1) is 11.3 Å². The lowest BCUT2D eigenvalue weighted by atomic mass is 9.91. The van der Waals surface area contributed by atoms with Gasteiger partial charge in [-0.3, -0.25) is 0 Å². The van der Waals surface area contributed by atoms with Crippen LogP contribution in [0.3, 0.4) is 0 Å². The Morgan fingerprint density at radius 1 is 1.25 bits per heavy atom. The lowest BCUT2D eigenvalue weighted by Crippen LogP contribution is -2.23. The van der Waals surface area contributed by atoms with Gasteiger partial charge in [0.05, 0.1) is 11.4 Å². The minimum atomic E-state index is 0.417. The largest absolute Gasteiger partial charge is 0.380 e. The fourth-order valence-electron chi connectivity index (χ4n) is 3.35. The van der Waals surface area contributed by atoms with E-state index in [0.29, 0.717) is 17.4 Å². The Kier molecular flexibility index (Phi) is 3.20. The highest BCUT2D eigenvalue weighted by Crippen LogP contribution is 2.42. The van der Waals surface area contributed by atoms with Gasteiger partial charge >= 0.3 is 0 Å². The molecule has 1 aromatic carbocycles. The minimum absolute atomic E-state index is 0.417. The molecule has 1 fully saturated rings. The van der Waals surface area contributed by atoms with Gasteiger partial charge in [0.1, 0.15) is 6.33 Å². The summed E-state index contributed by atoms with van der Waals surface area (Å²) in [6, 6.07) is 8.67. The summed E-state index contributed by atoms with van der Waals surface area (Å²) in [7, 11) is 0. The van der Waals surface area contributed by atoms with Crippen molar-refractivity contribution < 1.29 is 0 Å². The zero-order valence-electron chi connectivity index (χ0n) is 12.2. The average molecular weight is 271 g/mol. The van der Waals surface area contributed by atoms with Crippen LogP contribution in [-0.4, -0.2) is 26.2 Å². The first-order valence-corrected chi connectivity index (χ1v) is 7.14. The predicted molar refractivity (Wildman–Crippen MR) is 78.7 cm³/mol.